The molecule has 0 spiro atoms. The largest absolute Gasteiger partial charge is 0.472 e. The molecule has 0 radical (unpaired) electrons. The molecule has 23 heavy (non-hydrogen) atoms. The van der Waals surface area contributed by atoms with Crippen molar-refractivity contribution in [3.63, 3.8) is 0 Å². The van der Waals surface area contributed by atoms with Crippen molar-refractivity contribution in [2.75, 3.05) is 13.1 Å². The molecular weight excluding hydrogens is 357 g/mol. The second kappa shape index (κ2) is 8.68. The summed E-state index contributed by atoms with van der Waals surface area (Å²) in [5, 5.41) is 2.63. The second-order valence-corrected chi connectivity index (χ2v) is 6.42. The van der Waals surface area contributed by atoms with Crippen LogP contribution < -0.4 is 5.73 Å². The van der Waals surface area contributed by atoms with Crippen LogP contribution in [0.15, 0.2) is 28.4 Å². The Morgan fingerprint density at radius 2 is 2.30 bits per heavy atom. The molecule has 2 aromatic rings. The van der Waals surface area contributed by atoms with Crippen LogP contribution in [0.5, 0.6) is 0 Å². The predicted octanol–water partition coefficient (Wildman–Crippen LogP) is 3.45. The number of carbonyl (C=O) groups is 1. The number of thiazole rings is 1. The highest BCUT2D eigenvalue weighted by Crippen LogP contribution is 2.26. The number of nitrogens with zero attached hydrogens (tertiary/aromatic N) is 2. The van der Waals surface area contributed by atoms with Gasteiger partial charge in [0.2, 0.25) is 0 Å². The van der Waals surface area contributed by atoms with Crippen molar-refractivity contribution in [3.05, 3.63) is 29.7 Å². The van der Waals surface area contributed by atoms with Crippen LogP contribution in [0.25, 0.3) is 10.6 Å². The van der Waals surface area contributed by atoms with Crippen LogP contribution in [0.4, 0.5) is 0 Å². The third kappa shape index (κ3) is 4.47. The molecule has 1 saturated heterocycles. The summed E-state index contributed by atoms with van der Waals surface area (Å²) in [6.45, 7) is 3.54. The topological polar surface area (TPSA) is 72.4 Å². The molecule has 3 rings (SSSR count). The van der Waals surface area contributed by atoms with Gasteiger partial charge in [-0.25, -0.2) is 4.98 Å². The Morgan fingerprint density at radius 3 is 2.96 bits per heavy atom. The molecule has 8 heteroatoms. The third-order valence-electron chi connectivity index (χ3n) is 3.98. The Bertz CT molecular complexity index is 616. The van der Waals surface area contributed by atoms with Crippen LogP contribution in [0.1, 0.15) is 30.3 Å². The van der Waals surface area contributed by atoms with Crippen molar-refractivity contribution in [1.29, 1.82) is 0 Å². The average Bonchev–Trinajstić information content (AvgIpc) is 3.17. The van der Waals surface area contributed by atoms with Crippen LogP contribution in [0.3, 0.4) is 0 Å². The Morgan fingerprint density at radius 1 is 1.52 bits per heavy atom. The molecule has 1 fully saturated rings. The van der Waals surface area contributed by atoms with E-state index in [-0.39, 0.29) is 36.8 Å². The van der Waals surface area contributed by atoms with Gasteiger partial charge in [0.05, 0.1) is 6.26 Å². The van der Waals surface area contributed by atoms with E-state index in [4.69, 9.17) is 10.2 Å². The molecule has 0 aromatic carbocycles. The molecular formula is C15H21Cl2N3O2S. The van der Waals surface area contributed by atoms with E-state index in [2.05, 4.69) is 4.98 Å². The summed E-state index contributed by atoms with van der Waals surface area (Å²) in [7, 11) is 0. The lowest BCUT2D eigenvalue weighted by molar-refractivity contribution is 0.0656. The van der Waals surface area contributed by atoms with Crippen LogP contribution >= 0.6 is 36.2 Å². The summed E-state index contributed by atoms with van der Waals surface area (Å²) in [6.07, 6.45) is 5.35. The van der Waals surface area contributed by atoms with Gasteiger partial charge in [-0.2, -0.15) is 0 Å². The lowest BCUT2D eigenvalue weighted by Gasteiger charge is -2.34. The van der Waals surface area contributed by atoms with E-state index in [9.17, 15) is 4.79 Å². The number of amides is 1. The van der Waals surface area contributed by atoms with Gasteiger partial charge in [-0.3, -0.25) is 4.79 Å². The molecule has 2 unspecified atom stereocenters. The van der Waals surface area contributed by atoms with Crippen molar-refractivity contribution in [1.82, 2.24) is 9.88 Å². The molecule has 0 bridgehead atoms. The van der Waals surface area contributed by atoms with Gasteiger partial charge in [-0.15, -0.1) is 36.2 Å². The zero-order valence-corrected chi connectivity index (χ0v) is 15.3. The van der Waals surface area contributed by atoms with Crippen molar-refractivity contribution in [2.24, 2.45) is 11.7 Å². The molecule has 1 aliphatic heterocycles. The van der Waals surface area contributed by atoms with Crippen LogP contribution in [0, 0.1) is 5.92 Å². The number of halogens is 2. The first-order valence-electron chi connectivity index (χ1n) is 7.18. The SMILES string of the molecule is CC(N)C1CCCN(C(=O)c2csc(-c3ccoc3)n2)C1.Cl.Cl. The number of likely N-dealkylation sites (tertiary alicyclic amines) is 1. The molecule has 0 saturated carbocycles. The number of furan rings is 1. The van der Waals surface area contributed by atoms with Crippen LogP contribution in [0.2, 0.25) is 0 Å². The van der Waals surface area contributed by atoms with Gasteiger partial charge in [0, 0.05) is 30.1 Å². The fourth-order valence-corrected chi connectivity index (χ4v) is 3.46. The minimum Gasteiger partial charge on any atom is -0.472 e. The molecule has 2 atom stereocenters. The highest BCUT2D eigenvalue weighted by molar-refractivity contribution is 7.13. The van der Waals surface area contributed by atoms with Crippen molar-refractivity contribution in [3.8, 4) is 10.6 Å². The number of hydrogen-bond donors (Lipinski definition) is 1. The predicted molar refractivity (Wildman–Crippen MR) is 96.6 cm³/mol. The fraction of sp³-hybridized carbons (Fsp3) is 0.467. The summed E-state index contributed by atoms with van der Waals surface area (Å²) in [6, 6.07) is 1.97. The van der Waals surface area contributed by atoms with Gasteiger partial charge >= 0.3 is 0 Å². The summed E-state index contributed by atoms with van der Waals surface area (Å²) >= 11 is 1.46. The molecule has 2 N–H and O–H groups in total. The lowest BCUT2D eigenvalue weighted by Crippen LogP contribution is -2.45. The fourth-order valence-electron chi connectivity index (χ4n) is 2.68. The molecule has 1 aliphatic rings. The van der Waals surface area contributed by atoms with Crippen LogP contribution in [-0.2, 0) is 0 Å². The average molecular weight is 378 g/mol. The number of aromatic nitrogens is 1. The maximum absolute atomic E-state index is 12.6. The highest BCUT2D eigenvalue weighted by atomic mass is 35.5. The van der Waals surface area contributed by atoms with Crippen molar-refractivity contribution in [2.45, 2.75) is 25.8 Å². The van der Waals surface area contributed by atoms with E-state index in [1.165, 1.54) is 11.3 Å². The van der Waals surface area contributed by atoms with Gasteiger partial charge in [-0.1, -0.05) is 0 Å². The molecule has 1 amide bonds. The van der Waals surface area contributed by atoms with Gasteiger partial charge in [-0.05, 0) is 31.7 Å². The Hall–Kier alpha value is -1.08. The Labute approximate surface area is 152 Å². The second-order valence-electron chi connectivity index (χ2n) is 5.56. The smallest absolute Gasteiger partial charge is 0.273 e. The van der Waals surface area contributed by atoms with E-state index >= 15 is 0 Å². The zero-order valence-electron chi connectivity index (χ0n) is 12.8. The highest BCUT2D eigenvalue weighted by Gasteiger charge is 2.27. The first kappa shape index (κ1) is 20.0. The normalized spacial score (nSPS) is 18.7. The van der Waals surface area contributed by atoms with Gasteiger partial charge < -0.3 is 15.1 Å². The summed E-state index contributed by atoms with van der Waals surface area (Å²) in [5.41, 5.74) is 7.40. The first-order chi connectivity index (χ1) is 10.1. The zero-order chi connectivity index (χ0) is 14.8. The number of rotatable bonds is 3. The number of hydrogen-bond acceptors (Lipinski definition) is 5. The lowest BCUT2D eigenvalue weighted by atomic mass is 9.92. The minimum absolute atomic E-state index is 0. The minimum atomic E-state index is 0. The molecule has 3 heterocycles. The number of piperidine rings is 1. The maximum atomic E-state index is 12.6. The molecule has 5 nitrogen and oxygen atoms in total. The van der Waals surface area contributed by atoms with E-state index in [0.29, 0.717) is 11.6 Å². The Balaban J connectivity index is 0.00000132. The first-order valence-corrected chi connectivity index (χ1v) is 8.06. The summed E-state index contributed by atoms with van der Waals surface area (Å²) in [5.74, 6) is 0.390. The van der Waals surface area contributed by atoms with Gasteiger partial charge in [0.1, 0.15) is 17.0 Å². The summed E-state index contributed by atoms with van der Waals surface area (Å²) < 4.78 is 5.05. The number of nitrogens with two attached hydrogens (primary N) is 1. The van der Waals surface area contributed by atoms with Gasteiger partial charge in [0.25, 0.3) is 5.91 Å². The van der Waals surface area contributed by atoms with E-state index in [1.807, 2.05) is 23.3 Å². The Kier molecular flexibility index (Phi) is 7.54. The quantitative estimate of drug-likeness (QED) is 0.888. The maximum Gasteiger partial charge on any atom is 0.273 e. The van der Waals surface area contributed by atoms with Crippen molar-refractivity contribution >= 4 is 42.1 Å². The molecule has 128 valence electrons. The standard InChI is InChI=1S/C15H19N3O2S.2ClH/c1-10(16)11-3-2-5-18(7-11)15(19)13-9-21-14(17-13)12-4-6-20-8-12;;/h4,6,8-11H,2-3,5,7,16H2,1H3;2*1H. The number of carbonyl (C=O) groups excluding carboxylic acids is 1. The third-order valence-corrected chi connectivity index (χ3v) is 4.87. The molecule has 2 aromatic heterocycles. The monoisotopic (exact) mass is 377 g/mol. The van der Waals surface area contributed by atoms with E-state index in [1.54, 1.807) is 12.5 Å². The van der Waals surface area contributed by atoms with Crippen molar-refractivity contribution < 1.29 is 9.21 Å². The summed E-state index contributed by atoms with van der Waals surface area (Å²) in [4.78, 5) is 18.9. The van der Waals surface area contributed by atoms with E-state index < -0.39 is 0 Å². The molecule has 0 aliphatic carbocycles. The van der Waals surface area contributed by atoms with E-state index in [0.717, 1.165) is 36.5 Å². The van der Waals surface area contributed by atoms with Gasteiger partial charge in [0.15, 0.2) is 0 Å². The van der Waals surface area contributed by atoms with Crippen LogP contribution in [-0.4, -0.2) is 34.9 Å².